The number of pyridine rings is 1. The highest BCUT2D eigenvalue weighted by Crippen LogP contribution is 2.29. The fraction of sp³-hybridized carbons (Fsp3) is 0.200. The van der Waals surface area contributed by atoms with E-state index in [0.29, 0.717) is 28.8 Å². The Morgan fingerprint density at radius 3 is 2.83 bits per heavy atom. The first kappa shape index (κ1) is 14.2. The molecule has 1 aliphatic heterocycles. The molecule has 0 saturated heterocycles. The molecular weight excluding hydrogens is 308 g/mol. The molecule has 0 radical (unpaired) electrons. The Labute approximate surface area is 138 Å². The summed E-state index contributed by atoms with van der Waals surface area (Å²) < 4.78 is 0. The lowest BCUT2D eigenvalue weighted by Gasteiger charge is -2.25. The molecule has 0 fully saturated rings. The van der Waals surface area contributed by atoms with Crippen LogP contribution in [-0.2, 0) is 4.79 Å². The molecule has 4 rings (SSSR count). The van der Waals surface area contributed by atoms with Crippen molar-refractivity contribution in [3.63, 3.8) is 0 Å². The zero-order valence-electron chi connectivity index (χ0n) is 13.1. The zero-order valence-corrected chi connectivity index (χ0v) is 13.1. The summed E-state index contributed by atoms with van der Waals surface area (Å²) in [5.41, 5.74) is 3.00. The number of aryl methyl sites for hydroxylation is 1. The van der Waals surface area contributed by atoms with Crippen molar-refractivity contribution in [3.05, 3.63) is 30.4 Å². The number of rotatable bonds is 2. The number of likely N-dealkylation sites (N-methyl/N-ethyl adjacent to an activating group) is 1. The Bertz CT molecular complexity index is 927. The Morgan fingerprint density at radius 2 is 2.08 bits per heavy atom. The molecule has 0 spiro atoms. The van der Waals surface area contributed by atoms with E-state index < -0.39 is 0 Å². The third-order valence-electron chi connectivity index (χ3n) is 3.87. The number of hydrogen-bond donors (Lipinski definition) is 2. The number of carbonyl (C=O) groups excluding carboxylic acids is 1. The molecule has 1 amide bonds. The SMILES string of the molecule is Cc1nc(-c2ncn[nH]2)ccc1-c1cnc2c(n1)N(C)C(=O)CN2.[HH]. The molecule has 0 saturated carbocycles. The van der Waals surface area contributed by atoms with Gasteiger partial charge in [-0.1, -0.05) is 0 Å². The van der Waals surface area contributed by atoms with Gasteiger partial charge < -0.3 is 5.32 Å². The lowest BCUT2D eigenvalue weighted by molar-refractivity contribution is -0.116. The second-order valence-corrected chi connectivity index (χ2v) is 5.40. The molecule has 9 nitrogen and oxygen atoms in total. The van der Waals surface area contributed by atoms with Gasteiger partial charge in [0.1, 0.15) is 12.0 Å². The van der Waals surface area contributed by atoms with Gasteiger partial charge in [0.2, 0.25) is 5.91 Å². The molecule has 0 unspecified atom stereocenters. The molecule has 0 aromatic carbocycles. The van der Waals surface area contributed by atoms with E-state index in [1.54, 1.807) is 13.2 Å². The number of hydrogen-bond acceptors (Lipinski definition) is 7. The Morgan fingerprint density at radius 1 is 1.21 bits per heavy atom. The average Bonchev–Trinajstić information content (AvgIpc) is 3.13. The van der Waals surface area contributed by atoms with Crippen molar-refractivity contribution in [2.45, 2.75) is 6.92 Å². The summed E-state index contributed by atoms with van der Waals surface area (Å²) in [6.07, 6.45) is 3.11. The fourth-order valence-electron chi connectivity index (χ4n) is 2.56. The number of carbonyl (C=O) groups is 1. The molecule has 0 atom stereocenters. The number of nitrogens with one attached hydrogen (secondary N) is 2. The minimum atomic E-state index is -0.0514. The lowest BCUT2D eigenvalue weighted by Crippen LogP contribution is -2.38. The van der Waals surface area contributed by atoms with Crippen LogP contribution in [0.3, 0.4) is 0 Å². The number of aromatic nitrogens is 6. The average molecular weight is 324 g/mol. The second-order valence-electron chi connectivity index (χ2n) is 5.40. The molecular formula is C15H16N8O. The topological polar surface area (TPSA) is 113 Å². The van der Waals surface area contributed by atoms with Crippen LogP contribution in [0.5, 0.6) is 0 Å². The molecule has 1 aliphatic rings. The van der Waals surface area contributed by atoms with Crippen LogP contribution in [-0.4, -0.2) is 49.6 Å². The summed E-state index contributed by atoms with van der Waals surface area (Å²) in [4.78, 5) is 30.9. The number of H-pyrrole nitrogens is 1. The number of aromatic amines is 1. The van der Waals surface area contributed by atoms with Gasteiger partial charge in [-0.25, -0.2) is 19.9 Å². The van der Waals surface area contributed by atoms with Crippen molar-refractivity contribution in [3.8, 4) is 22.8 Å². The van der Waals surface area contributed by atoms with Gasteiger partial charge in [-0.3, -0.25) is 14.8 Å². The van der Waals surface area contributed by atoms with Crippen LogP contribution in [0.25, 0.3) is 22.8 Å². The van der Waals surface area contributed by atoms with Crippen molar-refractivity contribution >= 4 is 17.5 Å². The van der Waals surface area contributed by atoms with E-state index in [2.05, 4.69) is 35.5 Å². The predicted octanol–water partition coefficient (Wildman–Crippen LogP) is 1.27. The van der Waals surface area contributed by atoms with E-state index in [1.807, 2.05) is 19.1 Å². The van der Waals surface area contributed by atoms with E-state index in [-0.39, 0.29) is 13.9 Å². The molecule has 24 heavy (non-hydrogen) atoms. The van der Waals surface area contributed by atoms with Crippen LogP contribution in [0, 0.1) is 6.92 Å². The first-order valence-electron chi connectivity index (χ1n) is 7.34. The fourth-order valence-corrected chi connectivity index (χ4v) is 2.56. The van der Waals surface area contributed by atoms with Crippen molar-refractivity contribution in [1.82, 2.24) is 30.1 Å². The largest absolute Gasteiger partial charge is 0.358 e. The highest BCUT2D eigenvalue weighted by atomic mass is 16.2. The monoisotopic (exact) mass is 324 g/mol. The summed E-state index contributed by atoms with van der Waals surface area (Å²) in [5.74, 6) is 1.67. The molecule has 0 bridgehead atoms. The van der Waals surface area contributed by atoms with Crippen LogP contribution >= 0.6 is 0 Å². The van der Waals surface area contributed by atoms with E-state index >= 15 is 0 Å². The first-order chi connectivity index (χ1) is 11.6. The van der Waals surface area contributed by atoms with Crippen LogP contribution in [0.2, 0.25) is 0 Å². The number of anilines is 2. The van der Waals surface area contributed by atoms with E-state index in [0.717, 1.165) is 11.3 Å². The van der Waals surface area contributed by atoms with E-state index in [1.165, 1.54) is 11.2 Å². The Balaban J connectivity index is 0.00000182. The van der Waals surface area contributed by atoms with Gasteiger partial charge in [-0.2, -0.15) is 5.10 Å². The van der Waals surface area contributed by atoms with Crippen LogP contribution in [0.1, 0.15) is 7.12 Å². The Hall–Kier alpha value is -3.36. The first-order valence-corrected chi connectivity index (χ1v) is 7.34. The molecule has 4 heterocycles. The second kappa shape index (κ2) is 5.37. The van der Waals surface area contributed by atoms with Crippen molar-refractivity contribution < 1.29 is 6.22 Å². The zero-order chi connectivity index (χ0) is 16.7. The molecule has 122 valence electrons. The Kier molecular flexibility index (Phi) is 3.19. The van der Waals surface area contributed by atoms with Crippen LogP contribution in [0.4, 0.5) is 11.6 Å². The van der Waals surface area contributed by atoms with Gasteiger partial charge in [-0.05, 0) is 19.1 Å². The highest BCUT2D eigenvalue weighted by molar-refractivity contribution is 6.00. The van der Waals surface area contributed by atoms with E-state index in [9.17, 15) is 4.79 Å². The smallest absolute Gasteiger partial charge is 0.247 e. The van der Waals surface area contributed by atoms with Gasteiger partial charge >= 0.3 is 0 Å². The standard InChI is InChI=1S/C15H14N8O.H2/c1-8-9(3-4-10(20-8)13-18-7-19-22-13)11-5-16-14-15(21-11)23(2)12(24)6-17-14;/h3-5,7H,6H2,1-2H3,(H,16,17)(H,18,19,22);1H. The summed E-state index contributed by atoms with van der Waals surface area (Å²) in [5, 5.41) is 9.58. The maximum Gasteiger partial charge on any atom is 0.247 e. The number of fused-ring (bicyclic) bond motifs is 1. The summed E-state index contributed by atoms with van der Waals surface area (Å²) in [6.45, 7) is 2.12. The minimum absolute atomic E-state index is 0. The molecule has 9 heteroatoms. The van der Waals surface area contributed by atoms with Crippen molar-refractivity contribution in [2.24, 2.45) is 0 Å². The summed E-state index contributed by atoms with van der Waals surface area (Å²) in [7, 11) is 1.69. The van der Waals surface area contributed by atoms with E-state index in [4.69, 9.17) is 0 Å². The lowest BCUT2D eigenvalue weighted by atomic mass is 10.1. The van der Waals surface area contributed by atoms with Gasteiger partial charge in [0, 0.05) is 19.7 Å². The van der Waals surface area contributed by atoms with Gasteiger partial charge in [-0.15, -0.1) is 0 Å². The quantitative estimate of drug-likeness (QED) is 0.729. The van der Waals surface area contributed by atoms with Crippen molar-refractivity contribution in [2.75, 3.05) is 23.8 Å². The molecule has 2 N–H and O–H groups in total. The highest BCUT2D eigenvalue weighted by Gasteiger charge is 2.23. The predicted molar refractivity (Wildman–Crippen MR) is 89.4 cm³/mol. The third kappa shape index (κ3) is 2.26. The summed E-state index contributed by atoms with van der Waals surface area (Å²) in [6, 6.07) is 3.76. The van der Waals surface area contributed by atoms with Gasteiger partial charge in [0.25, 0.3) is 0 Å². The molecule has 0 aliphatic carbocycles. The maximum atomic E-state index is 11.8. The third-order valence-corrected chi connectivity index (χ3v) is 3.87. The normalized spacial score (nSPS) is 13.6. The molecule has 3 aromatic heterocycles. The summed E-state index contributed by atoms with van der Waals surface area (Å²) >= 11 is 0. The van der Waals surface area contributed by atoms with Crippen LogP contribution in [0.15, 0.2) is 24.7 Å². The van der Waals surface area contributed by atoms with Gasteiger partial charge in [0.15, 0.2) is 17.5 Å². The van der Waals surface area contributed by atoms with Crippen molar-refractivity contribution in [1.29, 1.82) is 0 Å². The van der Waals surface area contributed by atoms with Crippen LogP contribution < -0.4 is 10.2 Å². The maximum absolute atomic E-state index is 11.8. The van der Waals surface area contributed by atoms with Gasteiger partial charge in [0.05, 0.1) is 18.4 Å². The molecule has 3 aromatic rings. The number of amides is 1. The number of nitrogens with zero attached hydrogens (tertiary/aromatic N) is 6. The minimum Gasteiger partial charge on any atom is -0.358 e.